The van der Waals surface area contributed by atoms with E-state index in [2.05, 4.69) is 0 Å². The summed E-state index contributed by atoms with van der Waals surface area (Å²) in [5, 5.41) is 0. The minimum atomic E-state index is -4.47. The first-order valence-corrected chi connectivity index (χ1v) is 9.16. The lowest BCUT2D eigenvalue weighted by Crippen LogP contribution is -2.40. The van der Waals surface area contributed by atoms with Gasteiger partial charge in [-0.1, -0.05) is 27.7 Å². The molecule has 0 bridgehead atoms. The summed E-state index contributed by atoms with van der Waals surface area (Å²) >= 11 is 0. The summed E-state index contributed by atoms with van der Waals surface area (Å²) < 4.78 is 41.5. The van der Waals surface area contributed by atoms with Gasteiger partial charge in [0, 0.05) is 44.2 Å². The number of hydrogen-bond acceptors (Lipinski definition) is 3. The Bertz CT molecular complexity index is 1060. The Morgan fingerprint density at radius 2 is 1.31 bits per heavy atom. The lowest BCUT2D eigenvalue weighted by atomic mass is 9.99. The van der Waals surface area contributed by atoms with Crippen LogP contribution in [0.1, 0.15) is 61.9 Å². The molecule has 2 aromatic rings. The van der Waals surface area contributed by atoms with Crippen molar-refractivity contribution in [2.24, 2.45) is 21.1 Å². The molecule has 0 saturated heterocycles. The van der Waals surface area contributed by atoms with E-state index in [1.54, 1.807) is 27.8 Å². The number of nitrogens with zero attached hydrogens (tertiary/aromatic N) is 3. The van der Waals surface area contributed by atoms with Crippen LogP contribution in [0.5, 0.6) is 0 Å². The molecule has 0 aliphatic heterocycles. The van der Waals surface area contributed by atoms with Crippen molar-refractivity contribution in [1.29, 1.82) is 0 Å². The molecule has 0 atom stereocenters. The third-order valence-electron chi connectivity index (χ3n) is 4.77. The van der Waals surface area contributed by atoms with Gasteiger partial charge in [0.25, 0.3) is 11.1 Å². The molecule has 2 aromatic heterocycles. The van der Waals surface area contributed by atoms with Crippen molar-refractivity contribution in [3.05, 3.63) is 65.8 Å². The zero-order valence-electron chi connectivity index (χ0n) is 18.0. The van der Waals surface area contributed by atoms with Crippen molar-refractivity contribution in [3.8, 4) is 0 Å². The van der Waals surface area contributed by atoms with Crippen LogP contribution in [-0.4, -0.2) is 13.7 Å². The zero-order chi connectivity index (χ0) is 22.8. The summed E-state index contributed by atoms with van der Waals surface area (Å²) in [6.07, 6.45) is -3.33. The first kappa shape index (κ1) is 24.5. The van der Waals surface area contributed by atoms with Crippen LogP contribution < -0.4 is 16.8 Å². The second-order valence-corrected chi connectivity index (χ2v) is 7.57. The highest BCUT2D eigenvalue weighted by molar-refractivity contribution is 5.29. The first-order valence-electron chi connectivity index (χ1n) is 9.16. The smallest absolute Gasteiger partial charge is 0.318 e. The van der Waals surface area contributed by atoms with E-state index in [0.29, 0.717) is 0 Å². The monoisotopic (exact) mass is 415 g/mol. The van der Waals surface area contributed by atoms with Crippen molar-refractivity contribution < 1.29 is 13.2 Å². The summed E-state index contributed by atoms with van der Waals surface area (Å²) in [5.41, 5.74) is -0.562. The molecule has 162 valence electrons. The summed E-state index contributed by atoms with van der Waals surface area (Å²) in [6, 6.07) is 0.941. The van der Waals surface area contributed by atoms with Gasteiger partial charge in [-0.15, -0.1) is 0 Å². The number of hydrogen-bond donors (Lipinski definition) is 0. The predicted molar refractivity (Wildman–Crippen MR) is 107 cm³/mol. The van der Waals surface area contributed by atoms with E-state index in [1.807, 2.05) is 13.8 Å². The van der Waals surface area contributed by atoms with Crippen molar-refractivity contribution in [3.63, 3.8) is 0 Å². The average Bonchev–Trinajstić information content (AvgIpc) is 2.59. The molecule has 29 heavy (non-hydrogen) atoms. The Morgan fingerprint density at radius 1 is 0.828 bits per heavy atom. The van der Waals surface area contributed by atoms with Gasteiger partial charge in [0.15, 0.2) is 0 Å². The summed E-state index contributed by atoms with van der Waals surface area (Å²) in [5.74, 6) is -0.304. The molecule has 0 unspecified atom stereocenters. The molecule has 0 fully saturated rings. The Balaban J connectivity index is 0.000000291. The molecular formula is C20H28F3N3O3. The van der Waals surface area contributed by atoms with Crippen LogP contribution in [0.25, 0.3) is 0 Å². The molecular weight excluding hydrogens is 387 g/mol. The highest BCUT2D eigenvalue weighted by atomic mass is 19.4. The molecule has 9 heteroatoms. The Labute approximate surface area is 167 Å². The van der Waals surface area contributed by atoms with E-state index < -0.39 is 23.2 Å². The normalized spacial score (nSPS) is 11.6. The van der Waals surface area contributed by atoms with Gasteiger partial charge >= 0.3 is 11.9 Å². The third-order valence-corrected chi connectivity index (χ3v) is 4.77. The predicted octanol–water partition coefficient (Wildman–Crippen LogP) is 3.04. The second kappa shape index (κ2) is 8.84. The fourth-order valence-corrected chi connectivity index (χ4v) is 3.09. The Kier molecular flexibility index (Phi) is 7.45. The number of alkyl halides is 3. The van der Waals surface area contributed by atoms with Gasteiger partial charge in [-0.2, -0.15) is 13.2 Å². The minimum absolute atomic E-state index is 0.139. The molecule has 0 N–H and O–H groups in total. The molecule has 0 spiro atoms. The number of aromatic nitrogens is 3. The Hall–Kier alpha value is -2.58. The van der Waals surface area contributed by atoms with Gasteiger partial charge in [0.2, 0.25) is 0 Å². The molecule has 2 heterocycles. The fourth-order valence-electron chi connectivity index (χ4n) is 3.09. The van der Waals surface area contributed by atoms with Crippen LogP contribution in [0.15, 0.2) is 26.6 Å². The fraction of sp³-hybridized carbons (Fsp3) is 0.550. The summed E-state index contributed by atoms with van der Waals surface area (Å²) in [7, 11) is 4.63. The van der Waals surface area contributed by atoms with Crippen LogP contribution in [-0.2, 0) is 27.3 Å². The van der Waals surface area contributed by atoms with Crippen molar-refractivity contribution in [2.45, 2.75) is 52.6 Å². The van der Waals surface area contributed by atoms with Crippen molar-refractivity contribution in [1.82, 2.24) is 13.7 Å². The van der Waals surface area contributed by atoms with Crippen LogP contribution in [0.4, 0.5) is 13.2 Å². The first-order chi connectivity index (χ1) is 13.1. The molecule has 6 nitrogen and oxygen atoms in total. The van der Waals surface area contributed by atoms with E-state index in [9.17, 15) is 27.6 Å². The average molecular weight is 415 g/mol. The van der Waals surface area contributed by atoms with E-state index in [1.165, 1.54) is 18.7 Å². The van der Waals surface area contributed by atoms with Crippen LogP contribution in [0, 0.1) is 6.92 Å². The largest absolute Gasteiger partial charge is 0.416 e. The number of pyridine rings is 1. The number of halogens is 3. The minimum Gasteiger partial charge on any atom is -0.318 e. The maximum absolute atomic E-state index is 12.6. The molecule has 0 amide bonds. The van der Waals surface area contributed by atoms with E-state index in [-0.39, 0.29) is 22.7 Å². The van der Waals surface area contributed by atoms with Gasteiger partial charge in [-0.3, -0.25) is 14.2 Å². The highest BCUT2D eigenvalue weighted by Crippen LogP contribution is 2.33. The maximum atomic E-state index is 12.6. The quantitative estimate of drug-likeness (QED) is 0.757. The zero-order valence-corrected chi connectivity index (χ0v) is 18.0. The van der Waals surface area contributed by atoms with Crippen molar-refractivity contribution >= 4 is 0 Å². The van der Waals surface area contributed by atoms with Crippen LogP contribution >= 0.6 is 0 Å². The van der Waals surface area contributed by atoms with E-state index in [0.717, 1.165) is 32.7 Å². The van der Waals surface area contributed by atoms with Gasteiger partial charge in [-0.25, -0.2) is 4.79 Å². The highest BCUT2D eigenvalue weighted by Gasteiger charge is 2.35. The van der Waals surface area contributed by atoms with Crippen LogP contribution in [0.3, 0.4) is 0 Å². The van der Waals surface area contributed by atoms with E-state index >= 15 is 0 Å². The summed E-state index contributed by atoms with van der Waals surface area (Å²) in [4.78, 5) is 34.8. The van der Waals surface area contributed by atoms with Gasteiger partial charge < -0.3 is 9.13 Å². The second-order valence-electron chi connectivity index (χ2n) is 7.57. The number of aryl methyl sites for hydroxylation is 1. The SMILES string of the molecule is CC(C)c1c(C(F)(F)F)ccn(C)c1=O.Cc1c(C(C)C)c(=O)n(C)c(=O)n1C. The van der Waals surface area contributed by atoms with Gasteiger partial charge in [-0.05, 0) is 24.8 Å². The van der Waals surface area contributed by atoms with E-state index in [4.69, 9.17) is 0 Å². The summed E-state index contributed by atoms with van der Waals surface area (Å²) in [6.45, 7) is 8.86. The lowest BCUT2D eigenvalue weighted by Gasteiger charge is -2.15. The molecule has 0 saturated carbocycles. The third kappa shape index (κ3) is 5.07. The molecule has 0 aromatic carbocycles. The van der Waals surface area contributed by atoms with Gasteiger partial charge in [0.05, 0.1) is 5.56 Å². The maximum Gasteiger partial charge on any atom is 0.416 e. The lowest BCUT2D eigenvalue weighted by molar-refractivity contribution is -0.138. The molecule has 0 aliphatic rings. The molecule has 0 aliphatic carbocycles. The van der Waals surface area contributed by atoms with Crippen molar-refractivity contribution in [2.75, 3.05) is 0 Å². The standard InChI is InChI=1S/C10H12F3NO.C10H16N2O2/c1-6(2)8-7(10(11,12)13)4-5-14(3)9(8)15;1-6(2)8-7(3)11(4)10(14)12(5)9(8)13/h4-6H,1-3H3;6H,1-5H3. The number of rotatable bonds is 2. The topological polar surface area (TPSA) is 66.0 Å². The molecule has 0 radical (unpaired) electrons. The molecule has 2 rings (SSSR count). The van der Waals surface area contributed by atoms with Crippen LogP contribution in [0.2, 0.25) is 0 Å². The van der Waals surface area contributed by atoms with Gasteiger partial charge in [0.1, 0.15) is 0 Å². The Morgan fingerprint density at radius 3 is 1.72 bits per heavy atom.